The second-order valence-corrected chi connectivity index (χ2v) is 6.57. The van der Waals surface area contributed by atoms with Gasteiger partial charge in [-0.2, -0.15) is 11.8 Å². The first-order chi connectivity index (χ1) is 8.72. The standard InChI is InChI=1S/C12H14BrN3OS/c13-8-3-10-11(16-12(17)15-10)4-9(8)14-5-7-1-2-18-6-7/h3-4,7,14H,1-2,5-6H2,(H2,15,16,17). The number of aromatic amines is 2. The van der Waals surface area contributed by atoms with E-state index in [1.54, 1.807) is 0 Å². The fourth-order valence-corrected chi connectivity index (χ4v) is 3.96. The van der Waals surface area contributed by atoms with Crippen LogP contribution in [0.2, 0.25) is 0 Å². The fraction of sp³-hybridized carbons (Fsp3) is 0.417. The Balaban J connectivity index is 1.81. The number of hydrogen-bond acceptors (Lipinski definition) is 3. The number of halogens is 1. The van der Waals surface area contributed by atoms with Crippen molar-refractivity contribution in [3.05, 3.63) is 27.1 Å². The van der Waals surface area contributed by atoms with Crippen molar-refractivity contribution in [2.45, 2.75) is 6.42 Å². The van der Waals surface area contributed by atoms with E-state index in [9.17, 15) is 4.79 Å². The smallest absolute Gasteiger partial charge is 0.323 e. The number of hydrogen-bond donors (Lipinski definition) is 3. The van der Waals surface area contributed by atoms with Gasteiger partial charge in [-0.15, -0.1) is 0 Å². The van der Waals surface area contributed by atoms with E-state index in [4.69, 9.17) is 0 Å². The monoisotopic (exact) mass is 327 g/mol. The van der Waals surface area contributed by atoms with Crippen LogP contribution in [0.3, 0.4) is 0 Å². The molecule has 3 N–H and O–H groups in total. The number of H-pyrrole nitrogens is 2. The van der Waals surface area contributed by atoms with Crippen molar-refractivity contribution >= 4 is 44.4 Å². The Hall–Kier alpha value is -0.880. The van der Waals surface area contributed by atoms with E-state index >= 15 is 0 Å². The van der Waals surface area contributed by atoms with Gasteiger partial charge in [-0.05, 0) is 51.9 Å². The largest absolute Gasteiger partial charge is 0.384 e. The zero-order valence-electron chi connectivity index (χ0n) is 9.75. The molecule has 1 aliphatic rings. The molecule has 1 aliphatic heterocycles. The molecule has 18 heavy (non-hydrogen) atoms. The normalized spacial score (nSPS) is 19.5. The third kappa shape index (κ3) is 2.44. The Kier molecular flexibility index (Phi) is 3.39. The van der Waals surface area contributed by atoms with Gasteiger partial charge in [0, 0.05) is 11.0 Å². The van der Waals surface area contributed by atoms with Crippen molar-refractivity contribution in [1.29, 1.82) is 0 Å². The lowest BCUT2D eigenvalue weighted by molar-refractivity contribution is 0.632. The molecule has 1 aromatic heterocycles. The van der Waals surface area contributed by atoms with Gasteiger partial charge in [0.05, 0.1) is 16.7 Å². The summed E-state index contributed by atoms with van der Waals surface area (Å²) in [5.41, 5.74) is 2.54. The van der Waals surface area contributed by atoms with Crippen LogP contribution in [0.15, 0.2) is 21.4 Å². The number of fused-ring (bicyclic) bond motifs is 1. The van der Waals surface area contributed by atoms with Gasteiger partial charge in [0.2, 0.25) is 0 Å². The highest BCUT2D eigenvalue weighted by molar-refractivity contribution is 9.10. The van der Waals surface area contributed by atoms with E-state index in [-0.39, 0.29) is 5.69 Å². The SMILES string of the molecule is O=c1[nH]c2cc(Br)c(NCC3CCSC3)cc2[nH]1. The fourth-order valence-electron chi connectivity index (χ4n) is 2.19. The van der Waals surface area contributed by atoms with Gasteiger partial charge in [0.25, 0.3) is 0 Å². The molecule has 0 saturated carbocycles. The van der Waals surface area contributed by atoms with Gasteiger partial charge in [-0.3, -0.25) is 0 Å². The molecule has 96 valence electrons. The van der Waals surface area contributed by atoms with Gasteiger partial charge in [-0.1, -0.05) is 0 Å². The summed E-state index contributed by atoms with van der Waals surface area (Å²) in [4.78, 5) is 16.8. The summed E-state index contributed by atoms with van der Waals surface area (Å²) < 4.78 is 0.982. The van der Waals surface area contributed by atoms with Crippen LogP contribution < -0.4 is 11.0 Å². The number of anilines is 1. The summed E-state index contributed by atoms with van der Waals surface area (Å²) in [7, 11) is 0. The average molecular weight is 328 g/mol. The first kappa shape index (κ1) is 12.2. The Bertz CT molecular complexity index is 615. The Morgan fingerprint density at radius 2 is 2.17 bits per heavy atom. The molecule has 0 aliphatic carbocycles. The number of imidazole rings is 1. The summed E-state index contributed by atoms with van der Waals surface area (Å²) in [6.45, 7) is 0.992. The van der Waals surface area contributed by atoms with Crippen molar-refractivity contribution in [3.8, 4) is 0 Å². The Morgan fingerprint density at radius 3 is 2.89 bits per heavy atom. The van der Waals surface area contributed by atoms with Crippen molar-refractivity contribution in [3.63, 3.8) is 0 Å². The van der Waals surface area contributed by atoms with Crippen LogP contribution in [0.1, 0.15) is 6.42 Å². The molecule has 1 atom stereocenters. The predicted molar refractivity (Wildman–Crippen MR) is 80.5 cm³/mol. The van der Waals surface area contributed by atoms with Gasteiger partial charge in [0.1, 0.15) is 0 Å². The maximum atomic E-state index is 11.2. The highest BCUT2D eigenvalue weighted by Crippen LogP contribution is 2.28. The Labute approximate surface area is 117 Å². The molecule has 1 aromatic carbocycles. The van der Waals surface area contributed by atoms with Crippen LogP contribution in [0.5, 0.6) is 0 Å². The lowest BCUT2D eigenvalue weighted by Crippen LogP contribution is -2.13. The molecule has 0 amide bonds. The molecular formula is C12H14BrN3OS. The van der Waals surface area contributed by atoms with Crippen LogP contribution in [0, 0.1) is 5.92 Å². The molecule has 4 nitrogen and oxygen atoms in total. The number of nitrogens with one attached hydrogen (secondary N) is 3. The molecule has 2 heterocycles. The molecule has 3 rings (SSSR count). The topological polar surface area (TPSA) is 60.7 Å². The molecule has 2 aromatic rings. The molecule has 0 spiro atoms. The summed E-state index contributed by atoms with van der Waals surface area (Å²) in [5, 5.41) is 3.46. The maximum absolute atomic E-state index is 11.2. The predicted octanol–water partition coefficient (Wildman–Crippen LogP) is 2.78. The van der Waals surface area contributed by atoms with Crippen molar-refractivity contribution in [2.24, 2.45) is 5.92 Å². The van der Waals surface area contributed by atoms with Crippen LogP contribution in [0.25, 0.3) is 11.0 Å². The molecule has 1 fully saturated rings. The van der Waals surface area contributed by atoms with Crippen molar-refractivity contribution in [1.82, 2.24) is 9.97 Å². The maximum Gasteiger partial charge on any atom is 0.323 e. The van der Waals surface area contributed by atoms with E-state index in [2.05, 4.69) is 31.2 Å². The van der Waals surface area contributed by atoms with E-state index < -0.39 is 0 Å². The number of thioether (sulfide) groups is 1. The number of aromatic nitrogens is 2. The van der Waals surface area contributed by atoms with Gasteiger partial charge in [0.15, 0.2) is 0 Å². The average Bonchev–Trinajstić information content (AvgIpc) is 2.94. The van der Waals surface area contributed by atoms with Gasteiger partial charge < -0.3 is 15.3 Å². The van der Waals surface area contributed by atoms with E-state index in [1.165, 1.54) is 17.9 Å². The molecule has 6 heteroatoms. The minimum Gasteiger partial charge on any atom is -0.384 e. The summed E-state index contributed by atoms with van der Waals surface area (Å²) >= 11 is 5.56. The van der Waals surface area contributed by atoms with Crippen LogP contribution >= 0.6 is 27.7 Å². The molecule has 0 bridgehead atoms. The van der Waals surface area contributed by atoms with Crippen molar-refractivity contribution < 1.29 is 0 Å². The van der Waals surface area contributed by atoms with Crippen LogP contribution in [0.4, 0.5) is 5.69 Å². The second-order valence-electron chi connectivity index (χ2n) is 4.57. The lowest BCUT2D eigenvalue weighted by Gasteiger charge is -2.12. The first-order valence-corrected chi connectivity index (χ1v) is 7.90. The number of benzene rings is 1. The highest BCUT2D eigenvalue weighted by atomic mass is 79.9. The summed E-state index contributed by atoms with van der Waals surface area (Å²) in [6, 6.07) is 3.90. The van der Waals surface area contributed by atoms with Gasteiger partial charge >= 0.3 is 5.69 Å². The van der Waals surface area contributed by atoms with E-state index in [0.29, 0.717) is 0 Å². The van der Waals surface area contributed by atoms with Crippen LogP contribution in [-0.4, -0.2) is 28.0 Å². The summed E-state index contributed by atoms with van der Waals surface area (Å²) in [5.74, 6) is 3.27. The first-order valence-electron chi connectivity index (χ1n) is 5.95. The quantitative estimate of drug-likeness (QED) is 0.812. The minimum absolute atomic E-state index is 0.166. The zero-order valence-corrected chi connectivity index (χ0v) is 12.2. The highest BCUT2D eigenvalue weighted by Gasteiger charge is 2.15. The minimum atomic E-state index is -0.166. The third-order valence-corrected chi connectivity index (χ3v) is 5.10. The molecule has 1 saturated heterocycles. The summed E-state index contributed by atoms with van der Waals surface area (Å²) in [6.07, 6.45) is 1.29. The van der Waals surface area contributed by atoms with E-state index in [1.807, 2.05) is 23.9 Å². The second kappa shape index (κ2) is 5.01. The molecule has 0 radical (unpaired) electrons. The third-order valence-electron chi connectivity index (χ3n) is 3.21. The van der Waals surface area contributed by atoms with E-state index in [0.717, 1.165) is 33.7 Å². The Morgan fingerprint density at radius 1 is 1.39 bits per heavy atom. The van der Waals surface area contributed by atoms with Gasteiger partial charge in [-0.25, -0.2) is 4.79 Å². The van der Waals surface area contributed by atoms with Crippen molar-refractivity contribution in [2.75, 3.05) is 23.4 Å². The molecule has 1 unspecified atom stereocenters. The lowest BCUT2D eigenvalue weighted by atomic mass is 10.1. The molecular weight excluding hydrogens is 314 g/mol. The number of rotatable bonds is 3. The zero-order chi connectivity index (χ0) is 12.5. The van der Waals surface area contributed by atoms with Crippen LogP contribution in [-0.2, 0) is 0 Å².